The number of hydrogen-bond donors (Lipinski definition) is 1. The molecule has 0 radical (unpaired) electrons. The Morgan fingerprint density at radius 3 is 3.06 bits per heavy atom. The first-order valence-corrected chi connectivity index (χ1v) is 5.45. The van der Waals surface area contributed by atoms with E-state index in [1.165, 1.54) is 12.1 Å². The average Bonchev–Trinajstić information content (AvgIpc) is 2.28. The molecule has 0 spiro atoms. The summed E-state index contributed by atoms with van der Waals surface area (Å²) in [4.78, 5) is 0. The van der Waals surface area contributed by atoms with Crippen molar-refractivity contribution in [3.05, 3.63) is 29.1 Å². The van der Waals surface area contributed by atoms with Crippen LogP contribution in [0.5, 0.6) is 5.75 Å². The van der Waals surface area contributed by atoms with E-state index in [1.54, 1.807) is 0 Å². The van der Waals surface area contributed by atoms with E-state index in [0.717, 1.165) is 23.3 Å². The molecule has 0 saturated carbocycles. The fraction of sp³-hybridized carbons (Fsp3) is 0.500. The number of nitrogens with two attached hydrogens (primary N) is 1. The second-order valence-corrected chi connectivity index (χ2v) is 4.07. The lowest BCUT2D eigenvalue weighted by Gasteiger charge is -2.23. The van der Waals surface area contributed by atoms with Crippen molar-refractivity contribution >= 4 is 0 Å². The molecule has 0 bridgehead atoms. The zero-order valence-electron chi connectivity index (χ0n) is 9.33. The second-order valence-electron chi connectivity index (χ2n) is 4.07. The van der Waals surface area contributed by atoms with Crippen LogP contribution in [-0.4, -0.2) is 13.3 Å². The molecular formula is C12H16FNO2. The van der Waals surface area contributed by atoms with Crippen molar-refractivity contribution in [2.24, 2.45) is 5.73 Å². The van der Waals surface area contributed by atoms with Gasteiger partial charge in [-0.05, 0) is 31.0 Å². The van der Waals surface area contributed by atoms with Gasteiger partial charge in [0.25, 0.3) is 0 Å². The molecule has 1 aliphatic rings. The lowest BCUT2D eigenvalue weighted by atomic mass is 9.94. The van der Waals surface area contributed by atoms with Crippen LogP contribution in [0.2, 0.25) is 0 Å². The van der Waals surface area contributed by atoms with Crippen LogP contribution in [0.25, 0.3) is 0 Å². The Balaban J connectivity index is 2.38. The third-order valence-electron chi connectivity index (χ3n) is 2.83. The Hall–Kier alpha value is -1.13. The van der Waals surface area contributed by atoms with Crippen molar-refractivity contribution in [3.63, 3.8) is 0 Å². The molecule has 0 fully saturated rings. The number of halogens is 1. The number of rotatable bonds is 3. The van der Waals surface area contributed by atoms with E-state index in [0.29, 0.717) is 13.2 Å². The quantitative estimate of drug-likeness (QED) is 0.857. The molecule has 2 rings (SSSR count). The summed E-state index contributed by atoms with van der Waals surface area (Å²) in [6.07, 6.45) is 0.820. The minimum atomic E-state index is -0.244. The number of benzene rings is 1. The van der Waals surface area contributed by atoms with E-state index in [4.69, 9.17) is 15.2 Å². The zero-order valence-corrected chi connectivity index (χ0v) is 9.33. The summed E-state index contributed by atoms with van der Waals surface area (Å²) in [7, 11) is 0. The van der Waals surface area contributed by atoms with Crippen molar-refractivity contribution in [3.8, 4) is 5.75 Å². The molecule has 0 amide bonds. The molecule has 0 saturated heterocycles. The van der Waals surface area contributed by atoms with Gasteiger partial charge in [-0.15, -0.1) is 0 Å². The Bertz CT molecular complexity index is 382. The van der Waals surface area contributed by atoms with Crippen LogP contribution in [0, 0.1) is 5.82 Å². The van der Waals surface area contributed by atoms with Gasteiger partial charge in [0.1, 0.15) is 11.6 Å². The van der Waals surface area contributed by atoms with Crippen LogP contribution >= 0.6 is 0 Å². The van der Waals surface area contributed by atoms with Gasteiger partial charge in [0.2, 0.25) is 0 Å². The molecular weight excluding hydrogens is 209 g/mol. The molecule has 3 nitrogen and oxygen atoms in total. The van der Waals surface area contributed by atoms with Crippen molar-refractivity contribution in [2.75, 3.05) is 13.3 Å². The number of fused-ring (bicyclic) bond motifs is 1. The van der Waals surface area contributed by atoms with Crippen LogP contribution in [0.15, 0.2) is 12.1 Å². The molecule has 0 aromatic heterocycles. The lowest BCUT2D eigenvalue weighted by molar-refractivity contribution is -0.0174. The fourth-order valence-electron chi connectivity index (χ4n) is 1.98. The summed E-state index contributed by atoms with van der Waals surface area (Å²) in [5, 5.41) is 0. The highest BCUT2D eigenvalue weighted by molar-refractivity contribution is 5.44. The molecule has 1 aromatic carbocycles. The summed E-state index contributed by atoms with van der Waals surface area (Å²) < 4.78 is 24.0. The van der Waals surface area contributed by atoms with Gasteiger partial charge in [0.05, 0.1) is 6.61 Å². The lowest BCUT2D eigenvalue weighted by Crippen LogP contribution is -2.15. The van der Waals surface area contributed by atoms with E-state index < -0.39 is 0 Å². The maximum atomic E-state index is 13.4. The van der Waals surface area contributed by atoms with Gasteiger partial charge in [-0.3, -0.25) is 0 Å². The maximum Gasteiger partial charge on any atom is 0.189 e. The topological polar surface area (TPSA) is 44.5 Å². The summed E-state index contributed by atoms with van der Waals surface area (Å²) in [6.45, 7) is 3.26. The minimum absolute atomic E-state index is 0.201. The van der Waals surface area contributed by atoms with E-state index >= 15 is 0 Å². The normalized spacial score (nSPS) is 16.4. The Labute approximate surface area is 94.3 Å². The van der Waals surface area contributed by atoms with Gasteiger partial charge in [-0.2, -0.15) is 0 Å². The number of ether oxygens (including phenoxy) is 2. The predicted octanol–water partition coefficient (Wildman–Crippen LogP) is 2.14. The monoisotopic (exact) mass is 225 g/mol. The van der Waals surface area contributed by atoms with E-state index in [1.807, 2.05) is 6.92 Å². The molecule has 1 aliphatic heterocycles. The molecule has 0 aliphatic carbocycles. The highest BCUT2D eigenvalue weighted by atomic mass is 19.1. The van der Waals surface area contributed by atoms with E-state index in [9.17, 15) is 4.39 Å². The van der Waals surface area contributed by atoms with E-state index in [-0.39, 0.29) is 18.5 Å². The molecule has 88 valence electrons. The molecule has 1 unspecified atom stereocenters. The third-order valence-corrected chi connectivity index (χ3v) is 2.83. The fourth-order valence-corrected chi connectivity index (χ4v) is 1.98. The first-order chi connectivity index (χ1) is 7.72. The van der Waals surface area contributed by atoms with Crippen LogP contribution in [0.4, 0.5) is 4.39 Å². The van der Waals surface area contributed by atoms with Gasteiger partial charge in [0.15, 0.2) is 6.79 Å². The first kappa shape index (κ1) is 11.4. The second kappa shape index (κ2) is 4.80. The molecule has 1 aromatic rings. The Morgan fingerprint density at radius 2 is 2.31 bits per heavy atom. The molecule has 1 atom stereocenters. The highest BCUT2D eigenvalue weighted by Crippen LogP contribution is 2.35. The largest absolute Gasteiger partial charge is 0.467 e. The summed E-state index contributed by atoms with van der Waals surface area (Å²) in [5.74, 6) is 0.730. The van der Waals surface area contributed by atoms with Crippen molar-refractivity contribution in [2.45, 2.75) is 25.9 Å². The van der Waals surface area contributed by atoms with Gasteiger partial charge in [-0.25, -0.2) is 4.39 Å². The van der Waals surface area contributed by atoms with Crippen LogP contribution in [-0.2, 0) is 11.3 Å². The predicted molar refractivity (Wildman–Crippen MR) is 58.8 cm³/mol. The highest BCUT2D eigenvalue weighted by Gasteiger charge is 2.20. The standard InChI is InChI=1S/C12H16FNO2/c1-8(2-3-14)11-5-10(13)4-9-6-15-7-16-12(9)11/h4-5,8H,2-3,6-7,14H2,1H3. The zero-order chi connectivity index (χ0) is 11.5. The smallest absolute Gasteiger partial charge is 0.189 e. The first-order valence-electron chi connectivity index (χ1n) is 5.45. The van der Waals surface area contributed by atoms with Crippen LogP contribution in [0.3, 0.4) is 0 Å². The Kier molecular flexibility index (Phi) is 3.41. The van der Waals surface area contributed by atoms with Gasteiger partial charge < -0.3 is 15.2 Å². The summed E-state index contributed by atoms with van der Waals surface area (Å²) >= 11 is 0. The minimum Gasteiger partial charge on any atom is -0.467 e. The summed E-state index contributed by atoms with van der Waals surface area (Å²) in [6, 6.07) is 3.00. The maximum absolute atomic E-state index is 13.4. The molecule has 1 heterocycles. The van der Waals surface area contributed by atoms with Gasteiger partial charge in [-0.1, -0.05) is 6.92 Å². The van der Waals surface area contributed by atoms with Crippen molar-refractivity contribution < 1.29 is 13.9 Å². The third kappa shape index (κ3) is 2.18. The molecule has 2 N–H and O–H groups in total. The Morgan fingerprint density at radius 1 is 1.50 bits per heavy atom. The SMILES string of the molecule is CC(CCN)c1cc(F)cc2c1OCOC2. The average molecular weight is 225 g/mol. The van der Waals surface area contributed by atoms with Crippen molar-refractivity contribution in [1.82, 2.24) is 0 Å². The molecule has 16 heavy (non-hydrogen) atoms. The number of hydrogen-bond acceptors (Lipinski definition) is 3. The van der Waals surface area contributed by atoms with Gasteiger partial charge in [0, 0.05) is 11.1 Å². The molecule has 4 heteroatoms. The van der Waals surface area contributed by atoms with Crippen LogP contribution < -0.4 is 10.5 Å². The van der Waals surface area contributed by atoms with E-state index in [2.05, 4.69) is 0 Å². The van der Waals surface area contributed by atoms with Crippen molar-refractivity contribution in [1.29, 1.82) is 0 Å². The van der Waals surface area contributed by atoms with Gasteiger partial charge >= 0.3 is 0 Å². The summed E-state index contributed by atoms with van der Waals surface area (Å²) in [5.41, 5.74) is 7.20. The van der Waals surface area contributed by atoms with Crippen LogP contribution in [0.1, 0.15) is 30.4 Å².